The Morgan fingerprint density at radius 2 is 1.70 bits per heavy atom. The molecule has 1 aromatic carbocycles. The maximum Gasteiger partial charge on any atom is 0.272 e. The van der Waals surface area contributed by atoms with E-state index in [4.69, 9.17) is 27.9 Å². The SMILES string of the molecule is O=C(c1ccc(Cl)cn1)N1CCC(Oc2ccc(Cl)cc2)CC1. The lowest BCUT2D eigenvalue weighted by Crippen LogP contribution is -2.42. The summed E-state index contributed by atoms with van der Waals surface area (Å²) >= 11 is 11.7. The summed E-state index contributed by atoms with van der Waals surface area (Å²) in [5.41, 5.74) is 0.423. The Morgan fingerprint density at radius 1 is 1.04 bits per heavy atom. The number of amides is 1. The quantitative estimate of drug-likeness (QED) is 0.837. The fourth-order valence-corrected chi connectivity index (χ4v) is 2.78. The number of ether oxygens (including phenoxy) is 1. The van der Waals surface area contributed by atoms with Crippen molar-refractivity contribution in [2.24, 2.45) is 0 Å². The van der Waals surface area contributed by atoms with E-state index in [1.54, 1.807) is 17.0 Å². The normalized spacial score (nSPS) is 15.5. The summed E-state index contributed by atoms with van der Waals surface area (Å²) in [6.45, 7) is 1.31. The van der Waals surface area contributed by atoms with Gasteiger partial charge in [0.15, 0.2) is 0 Å². The molecule has 0 unspecified atom stereocenters. The predicted octanol–water partition coefficient (Wildman–Crippen LogP) is 4.07. The zero-order chi connectivity index (χ0) is 16.2. The third kappa shape index (κ3) is 4.15. The second-order valence-corrected chi connectivity index (χ2v) is 6.30. The molecule has 0 saturated carbocycles. The van der Waals surface area contributed by atoms with E-state index in [0.29, 0.717) is 28.8 Å². The summed E-state index contributed by atoms with van der Waals surface area (Å²) in [5, 5.41) is 1.21. The summed E-state index contributed by atoms with van der Waals surface area (Å²) in [6, 6.07) is 10.7. The Balaban J connectivity index is 1.54. The van der Waals surface area contributed by atoms with E-state index in [0.717, 1.165) is 18.6 Å². The number of nitrogens with zero attached hydrogens (tertiary/aromatic N) is 2. The van der Waals surface area contributed by atoms with Crippen molar-refractivity contribution in [2.45, 2.75) is 18.9 Å². The van der Waals surface area contributed by atoms with Gasteiger partial charge in [-0.1, -0.05) is 23.2 Å². The molecule has 4 nitrogen and oxygen atoms in total. The molecule has 2 aromatic rings. The summed E-state index contributed by atoms with van der Waals surface area (Å²) in [5.74, 6) is 0.741. The molecule has 1 amide bonds. The molecular formula is C17H16Cl2N2O2. The number of carbonyl (C=O) groups excluding carboxylic acids is 1. The monoisotopic (exact) mass is 350 g/mol. The fourth-order valence-electron chi connectivity index (χ4n) is 2.55. The van der Waals surface area contributed by atoms with E-state index < -0.39 is 0 Å². The van der Waals surface area contributed by atoms with Crippen LogP contribution in [0.5, 0.6) is 5.75 Å². The van der Waals surface area contributed by atoms with Crippen molar-refractivity contribution < 1.29 is 9.53 Å². The number of benzene rings is 1. The molecule has 0 N–H and O–H groups in total. The Hall–Kier alpha value is -1.78. The highest BCUT2D eigenvalue weighted by Gasteiger charge is 2.25. The Morgan fingerprint density at radius 3 is 2.30 bits per heavy atom. The molecule has 1 fully saturated rings. The van der Waals surface area contributed by atoms with Gasteiger partial charge in [0.25, 0.3) is 5.91 Å². The van der Waals surface area contributed by atoms with Gasteiger partial charge >= 0.3 is 0 Å². The minimum absolute atomic E-state index is 0.0633. The minimum Gasteiger partial charge on any atom is -0.490 e. The van der Waals surface area contributed by atoms with E-state index in [1.807, 2.05) is 24.3 Å². The number of aromatic nitrogens is 1. The predicted molar refractivity (Wildman–Crippen MR) is 90.3 cm³/mol. The van der Waals surface area contributed by atoms with E-state index in [2.05, 4.69) is 4.98 Å². The number of piperidine rings is 1. The van der Waals surface area contributed by atoms with Gasteiger partial charge in [-0.25, -0.2) is 4.98 Å². The molecule has 3 rings (SSSR count). The van der Waals surface area contributed by atoms with E-state index >= 15 is 0 Å². The van der Waals surface area contributed by atoms with Crippen LogP contribution in [0, 0.1) is 0 Å². The van der Waals surface area contributed by atoms with Crippen LogP contribution in [0.25, 0.3) is 0 Å². The topological polar surface area (TPSA) is 42.4 Å². The van der Waals surface area contributed by atoms with Gasteiger partial charge < -0.3 is 9.64 Å². The fraction of sp³-hybridized carbons (Fsp3) is 0.294. The number of likely N-dealkylation sites (tertiary alicyclic amines) is 1. The zero-order valence-corrected chi connectivity index (χ0v) is 13.9. The van der Waals surface area contributed by atoms with Crippen LogP contribution in [-0.2, 0) is 0 Å². The molecule has 1 aromatic heterocycles. The first kappa shape index (κ1) is 16.1. The highest BCUT2D eigenvalue weighted by Crippen LogP contribution is 2.21. The third-order valence-electron chi connectivity index (χ3n) is 3.79. The molecule has 0 bridgehead atoms. The number of rotatable bonds is 3. The number of hydrogen-bond acceptors (Lipinski definition) is 3. The maximum absolute atomic E-state index is 12.4. The van der Waals surface area contributed by atoms with Crippen molar-refractivity contribution in [1.82, 2.24) is 9.88 Å². The number of hydrogen-bond donors (Lipinski definition) is 0. The highest BCUT2D eigenvalue weighted by molar-refractivity contribution is 6.30. The Kier molecular flexibility index (Phi) is 5.03. The lowest BCUT2D eigenvalue weighted by molar-refractivity contribution is 0.0590. The van der Waals surface area contributed by atoms with Crippen molar-refractivity contribution in [1.29, 1.82) is 0 Å². The van der Waals surface area contributed by atoms with Gasteiger partial charge in [-0.15, -0.1) is 0 Å². The number of carbonyl (C=O) groups is 1. The summed E-state index contributed by atoms with van der Waals surface area (Å²) in [7, 11) is 0. The van der Waals surface area contributed by atoms with Gasteiger partial charge in [0.2, 0.25) is 0 Å². The Bertz CT molecular complexity index is 666. The van der Waals surface area contributed by atoms with Crippen LogP contribution in [0.3, 0.4) is 0 Å². The van der Waals surface area contributed by atoms with Crippen LogP contribution in [0.15, 0.2) is 42.6 Å². The lowest BCUT2D eigenvalue weighted by Gasteiger charge is -2.32. The van der Waals surface area contributed by atoms with E-state index in [9.17, 15) is 4.79 Å². The smallest absolute Gasteiger partial charge is 0.272 e. The number of pyridine rings is 1. The molecule has 23 heavy (non-hydrogen) atoms. The van der Waals surface area contributed by atoms with Crippen molar-refractivity contribution >= 4 is 29.1 Å². The third-order valence-corrected chi connectivity index (χ3v) is 4.27. The first-order chi connectivity index (χ1) is 11.1. The van der Waals surface area contributed by atoms with Gasteiger partial charge in [0.1, 0.15) is 17.5 Å². The summed E-state index contributed by atoms with van der Waals surface area (Å²) in [6.07, 6.45) is 3.19. The average molecular weight is 351 g/mol. The molecule has 1 aliphatic heterocycles. The van der Waals surface area contributed by atoms with Crippen LogP contribution in [0.4, 0.5) is 0 Å². The molecule has 1 aliphatic rings. The second-order valence-electron chi connectivity index (χ2n) is 5.42. The van der Waals surface area contributed by atoms with Crippen LogP contribution < -0.4 is 4.74 Å². The maximum atomic E-state index is 12.4. The molecular weight excluding hydrogens is 335 g/mol. The Labute approximate surface area is 145 Å². The minimum atomic E-state index is -0.0633. The lowest BCUT2D eigenvalue weighted by atomic mass is 10.1. The summed E-state index contributed by atoms with van der Waals surface area (Å²) < 4.78 is 5.93. The van der Waals surface area contributed by atoms with Crippen LogP contribution in [0.1, 0.15) is 23.3 Å². The molecule has 120 valence electrons. The number of halogens is 2. The van der Waals surface area contributed by atoms with Gasteiger partial charge in [-0.05, 0) is 36.4 Å². The van der Waals surface area contributed by atoms with Crippen LogP contribution >= 0.6 is 23.2 Å². The molecule has 0 spiro atoms. The van der Waals surface area contributed by atoms with E-state index in [1.165, 1.54) is 6.20 Å². The molecule has 0 atom stereocenters. The standard InChI is InChI=1S/C17H16Cl2N2O2/c18-12-1-4-14(5-2-12)23-15-7-9-21(10-8-15)17(22)16-6-3-13(19)11-20-16/h1-6,11,15H,7-10H2. The van der Waals surface area contributed by atoms with Crippen LogP contribution in [-0.4, -0.2) is 35.0 Å². The zero-order valence-electron chi connectivity index (χ0n) is 12.4. The van der Waals surface area contributed by atoms with Gasteiger partial charge in [0, 0.05) is 37.2 Å². The molecule has 6 heteroatoms. The molecule has 1 saturated heterocycles. The largest absolute Gasteiger partial charge is 0.490 e. The first-order valence-corrected chi connectivity index (χ1v) is 8.20. The average Bonchev–Trinajstić information content (AvgIpc) is 2.58. The van der Waals surface area contributed by atoms with Crippen molar-refractivity contribution in [3.63, 3.8) is 0 Å². The van der Waals surface area contributed by atoms with Gasteiger partial charge in [-0.3, -0.25) is 4.79 Å². The van der Waals surface area contributed by atoms with Crippen LogP contribution in [0.2, 0.25) is 10.0 Å². The second kappa shape index (κ2) is 7.20. The van der Waals surface area contributed by atoms with Crippen molar-refractivity contribution in [3.8, 4) is 5.75 Å². The molecule has 2 heterocycles. The van der Waals surface area contributed by atoms with Crippen molar-refractivity contribution in [3.05, 3.63) is 58.3 Å². The highest BCUT2D eigenvalue weighted by atomic mass is 35.5. The first-order valence-electron chi connectivity index (χ1n) is 7.45. The van der Waals surface area contributed by atoms with E-state index in [-0.39, 0.29) is 12.0 Å². The van der Waals surface area contributed by atoms with Crippen molar-refractivity contribution in [2.75, 3.05) is 13.1 Å². The molecule has 0 radical (unpaired) electrons. The molecule has 0 aliphatic carbocycles. The summed E-state index contributed by atoms with van der Waals surface area (Å²) in [4.78, 5) is 18.3. The van der Waals surface area contributed by atoms with Gasteiger partial charge in [-0.2, -0.15) is 0 Å². The van der Waals surface area contributed by atoms with Gasteiger partial charge in [0.05, 0.1) is 5.02 Å².